The molecule has 1 aliphatic rings. The molecule has 1 atom stereocenters. The maximum absolute atomic E-state index is 12.5. The Kier molecular flexibility index (Phi) is 5.61. The van der Waals surface area contributed by atoms with Gasteiger partial charge in [-0.15, -0.1) is 0 Å². The van der Waals surface area contributed by atoms with Crippen LogP contribution in [0.3, 0.4) is 0 Å². The number of rotatable bonds is 6. The SMILES string of the molecule is CCOC(=O)C(C)NC(=O)C1CN(S(=O)(=O)c2ccccc2C)C1. The molecule has 2 rings (SSSR count). The van der Waals surface area contributed by atoms with Crippen LogP contribution in [0, 0.1) is 12.8 Å². The van der Waals surface area contributed by atoms with Gasteiger partial charge in [-0.2, -0.15) is 4.31 Å². The quantitative estimate of drug-likeness (QED) is 0.759. The minimum Gasteiger partial charge on any atom is -0.464 e. The summed E-state index contributed by atoms with van der Waals surface area (Å²) < 4.78 is 31.2. The van der Waals surface area contributed by atoms with E-state index in [1.165, 1.54) is 11.2 Å². The summed E-state index contributed by atoms with van der Waals surface area (Å²) >= 11 is 0. The molecule has 0 spiro atoms. The monoisotopic (exact) mass is 354 g/mol. The predicted molar refractivity (Wildman–Crippen MR) is 87.7 cm³/mol. The van der Waals surface area contributed by atoms with E-state index < -0.39 is 28.0 Å². The fourth-order valence-corrected chi connectivity index (χ4v) is 4.20. The normalized spacial score (nSPS) is 17.0. The second kappa shape index (κ2) is 7.31. The first kappa shape index (κ1) is 18.4. The molecule has 1 aromatic carbocycles. The van der Waals surface area contributed by atoms with Gasteiger partial charge in [0, 0.05) is 13.1 Å². The summed E-state index contributed by atoms with van der Waals surface area (Å²) in [5.41, 5.74) is 0.668. The van der Waals surface area contributed by atoms with E-state index in [1.54, 1.807) is 38.1 Å². The van der Waals surface area contributed by atoms with E-state index in [0.29, 0.717) is 5.56 Å². The van der Waals surface area contributed by atoms with Gasteiger partial charge < -0.3 is 10.1 Å². The Bertz CT molecular complexity index is 726. The van der Waals surface area contributed by atoms with Crippen LogP contribution in [0.5, 0.6) is 0 Å². The Morgan fingerprint density at radius 1 is 1.33 bits per heavy atom. The van der Waals surface area contributed by atoms with Crippen molar-refractivity contribution in [2.75, 3.05) is 19.7 Å². The highest BCUT2D eigenvalue weighted by molar-refractivity contribution is 7.89. The van der Waals surface area contributed by atoms with Crippen molar-refractivity contribution >= 4 is 21.9 Å². The van der Waals surface area contributed by atoms with Crippen LogP contribution in [-0.4, -0.2) is 50.3 Å². The van der Waals surface area contributed by atoms with Crippen molar-refractivity contribution in [3.05, 3.63) is 29.8 Å². The summed E-state index contributed by atoms with van der Waals surface area (Å²) in [4.78, 5) is 23.8. The second-order valence-electron chi connectivity index (χ2n) is 5.77. The van der Waals surface area contributed by atoms with Crippen molar-refractivity contribution in [3.8, 4) is 0 Å². The summed E-state index contributed by atoms with van der Waals surface area (Å²) in [6.45, 7) is 5.42. The molecule has 1 fully saturated rings. The van der Waals surface area contributed by atoms with Gasteiger partial charge in [-0.1, -0.05) is 18.2 Å². The Labute approximate surface area is 142 Å². The van der Waals surface area contributed by atoms with Gasteiger partial charge in [0.1, 0.15) is 6.04 Å². The lowest BCUT2D eigenvalue weighted by molar-refractivity contribution is -0.147. The number of amides is 1. The van der Waals surface area contributed by atoms with Crippen LogP contribution in [0.2, 0.25) is 0 Å². The molecule has 1 aromatic rings. The molecule has 0 saturated carbocycles. The first-order valence-corrected chi connectivity index (χ1v) is 9.24. The highest BCUT2D eigenvalue weighted by Crippen LogP contribution is 2.27. The lowest BCUT2D eigenvalue weighted by Gasteiger charge is -2.37. The largest absolute Gasteiger partial charge is 0.464 e. The first-order valence-electron chi connectivity index (χ1n) is 7.80. The summed E-state index contributed by atoms with van der Waals surface area (Å²) in [6.07, 6.45) is 0. The van der Waals surface area contributed by atoms with E-state index in [0.717, 1.165) is 0 Å². The topological polar surface area (TPSA) is 92.8 Å². The molecule has 0 bridgehead atoms. The number of hydrogen-bond donors (Lipinski definition) is 1. The maximum atomic E-state index is 12.5. The van der Waals surface area contributed by atoms with Crippen LogP contribution >= 0.6 is 0 Å². The number of nitrogens with one attached hydrogen (secondary N) is 1. The molecule has 1 amide bonds. The molecule has 0 aliphatic carbocycles. The van der Waals surface area contributed by atoms with Crippen LogP contribution in [0.15, 0.2) is 29.2 Å². The Morgan fingerprint density at radius 2 is 1.96 bits per heavy atom. The van der Waals surface area contributed by atoms with E-state index in [4.69, 9.17) is 4.74 Å². The van der Waals surface area contributed by atoms with E-state index in [9.17, 15) is 18.0 Å². The van der Waals surface area contributed by atoms with Gasteiger partial charge in [0.15, 0.2) is 0 Å². The number of carbonyl (C=O) groups is 2. The molecule has 1 saturated heterocycles. The Hall–Kier alpha value is -1.93. The van der Waals surface area contributed by atoms with Crippen molar-refractivity contribution < 1.29 is 22.7 Å². The second-order valence-corrected chi connectivity index (χ2v) is 7.67. The molecule has 8 heteroatoms. The molecule has 1 N–H and O–H groups in total. The summed E-state index contributed by atoms with van der Waals surface area (Å²) in [6, 6.07) is 5.99. The fraction of sp³-hybridized carbons (Fsp3) is 0.500. The number of aryl methyl sites for hydroxylation is 1. The predicted octanol–water partition coefficient (Wildman–Crippen LogP) is 0.683. The third-order valence-electron chi connectivity index (χ3n) is 3.93. The average molecular weight is 354 g/mol. The number of hydrogen-bond acceptors (Lipinski definition) is 5. The van der Waals surface area contributed by atoms with Gasteiger partial charge in [-0.05, 0) is 32.4 Å². The van der Waals surface area contributed by atoms with Gasteiger partial charge in [0.2, 0.25) is 15.9 Å². The zero-order valence-corrected chi connectivity index (χ0v) is 14.8. The molecule has 0 aromatic heterocycles. The van der Waals surface area contributed by atoms with Crippen LogP contribution in [0.25, 0.3) is 0 Å². The number of esters is 1. The lowest BCUT2D eigenvalue weighted by Crippen LogP contribution is -2.57. The number of ether oxygens (including phenoxy) is 1. The standard InChI is InChI=1S/C16H22N2O5S/c1-4-23-16(20)12(3)17-15(19)13-9-18(10-13)24(21,22)14-8-6-5-7-11(14)2/h5-8,12-13H,4,9-10H2,1-3H3,(H,17,19). The Morgan fingerprint density at radius 3 is 2.54 bits per heavy atom. The van der Waals surface area contributed by atoms with Gasteiger partial charge in [-0.25, -0.2) is 13.2 Å². The van der Waals surface area contributed by atoms with Crippen LogP contribution < -0.4 is 5.32 Å². The highest BCUT2D eigenvalue weighted by atomic mass is 32.2. The Balaban J connectivity index is 1.94. The highest BCUT2D eigenvalue weighted by Gasteiger charge is 2.41. The van der Waals surface area contributed by atoms with E-state index in [-0.39, 0.29) is 30.5 Å². The van der Waals surface area contributed by atoms with Gasteiger partial charge in [-0.3, -0.25) is 4.79 Å². The van der Waals surface area contributed by atoms with Crippen LogP contribution in [0.1, 0.15) is 19.4 Å². The third kappa shape index (κ3) is 3.76. The summed E-state index contributed by atoms with van der Waals surface area (Å²) in [5.74, 6) is -1.30. The zero-order valence-electron chi connectivity index (χ0n) is 14.0. The molecule has 0 radical (unpaired) electrons. The van der Waals surface area contributed by atoms with Gasteiger partial charge in [0.05, 0.1) is 17.4 Å². The molecule has 132 valence electrons. The molecule has 7 nitrogen and oxygen atoms in total. The third-order valence-corrected chi connectivity index (χ3v) is 5.92. The van der Waals surface area contributed by atoms with Crippen molar-refractivity contribution in [2.24, 2.45) is 5.92 Å². The zero-order chi connectivity index (χ0) is 17.9. The van der Waals surface area contributed by atoms with Crippen LogP contribution in [-0.2, 0) is 24.3 Å². The maximum Gasteiger partial charge on any atom is 0.328 e. The van der Waals surface area contributed by atoms with E-state index in [1.807, 2.05) is 0 Å². The van der Waals surface area contributed by atoms with E-state index in [2.05, 4.69) is 5.32 Å². The summed E-state index contributed by atoms with van der Waals surface area (Å²) in [5, 5.41) is 2.55. The number of nitrogens with zero attached hydrogens (tertiary/aromatic N) is 1. The molecule has 1 aliphatic heterocycles. The van der Waals surface area contributed by atoms with E-state index >= 15 is 0 Å². The molecule has 1 heterocycles. The van der Waals surface area contributed by atoms with Crippen molar-refractivity contribution in [1.29, 1.82) is 0 Å². The first-order chi connectivity index (χ1) is 11.3. The molecular formula is C16H22N2O5S. The van der Waals surface area contributed by atoms with Crippen molar-refractivity contribution in [3.63, 3.8) is 0 Å². The molecule has 1 unspecified atom stereocenters. The van der Waals surface area contributed by atoms with Gasteiger partial charge >= 0.3 is 5.97 Å². The molecular weight excluding hydrogens is 332 g/mol. The minimum absolute atomic E-state index is 0.109. The summed E-state index contributed by atoms with van der Waals surface area (Å²) in [7, 11) is -3.59. The van der Waals surface area contributed by atoms with Crippen LogP contribution in [0.4, 0.5) is 0 Å². The number of carbonyl (C=O) groups excluding carboxylic acids is 2. The molecule has 24 heavy (non-hydrogen) atoms. The average Bonchev–Trinajstić information content (AvgIpc) is 2.45. The van der Waals surface area contributed by atoms with Crippen molar-refractivity contribution in [1.82, 2.24) is 9.62 Å². The lowest BCUT2D eigenvalue weighted by atomic mass is 10.0. The fourth-order valence-electron chi connectivity index (χ4n) is 2.44. The number of sulfonamides is 1. The minimum atomic E-state index is -3.59. The number of benzene rings is 1. The smallest absolute Gasteiger partial charge is 0.328 e. The van der Waals surface area contributed by atoms with Gasteiger partial charge in [0.25, 0.3) is 0 Å². The van der Waals surface area contributed by atoms with Crippen molar-refractivity contribution in [2.45, 2.75) is 31.7 Å².